The number of aliphatic hydroxyl groups is 1. The number of rotatable bonds is 5. The summed E-state index contributed by atoms with van der Waals surface area (Å²) in [5.41, 5.74) is -1.20. The fraction of sp³-hybridized carbons (Fsp3) is 0.769. The number of hydrogen-bond acceptors (Lipinski definition) is 5. The van der Waals surface area contributed by atoms with E-state index in [9.17, 15) is 9.32 Å². The topological polar surface area (TPSA) is 59.4 Å². The summed E-state index contributed by atoms with van der Waals surface area (Å²) >= 11 is 1.18. The van der Waals surface area contributed by atoms with Crippen LogP contribution in [0.15, 0.2) is 10.4 Å². The SMILES string of the molecule is CC(O)(CO[Si](C)(C)C(C)(C)C)c1ncc([SH](C)(=O)Cl)s1. The van der Waals surface area contributed by atoms with E-state index < -0.39 is 23.1 Å². The monoisotopic (exact) mass is 371 g/mol. The Morgan fingerprint density at radius 2 is 1.95 bits per heavy atom. The maximum absolute atomic E-state index is 11.8. The molecule has 0 radical (unpaired) electrons. The summed E-state index contributed by atoms with van der Waals surface area (Å²) in [6.45, 7) is 12.6. The third-order valence-corrected chi connectivity index (χ3v) is 12.5. The molecule has 21 heavy (non-hydrogen) atoms. The Morgan fingerprint density at radius 3 is 2.33 bits per heavy atom. The lowest BCUT2D eigenvalue weighted by atomic mass is 10.1. The third kappa shape index (κ3) is 4.84. The molecule has 1 heterocycles. The molecule has 1 aromatic heterocycles. The van der Waals surface area contributed by atoms with Crippen LogP contribution in [0, 0.1) is 0 Å². The average Bonchev–Trinajstić information content (AvgIpc) is 2.74. The van der Waals surface area contributed by atoms with Gasteiger partial charge in [-0.25, -0.2) is 4.98 Å². The summed E-state index contributed by atoms with van der Waals surface area (Å²) in [4.78, 5) is 4.16. The van der Waals surface area contributed by atoms with Crippen molar-refractivity contribution in [3.63, 3.8) is 0 Å². The van der Waals surface area contributed by atoms with Crippen LogP contribution < -0.4 is 0 Å². The van der Waals surface area contributed by atoms with Crippen LogP contribution in [0.3, 0.4) is 0 Å². The van der Waals surface area contributed by atoms with E-state index in [2.05, 4.69) is 38.8 Å². The first-order chi connectivity index (χ1) is 9.17. The summed E-state index contributed by atoms with van der Waals surface area (Å²) in [6.07, 6.45) is 2.96. The number of nitrogens with zero attached hydrogens (tertiary/aromatic N) is 1. The normalized spacial score (nSPS) is 17.6. The summed E-state index contributed by atoms with van der Waals surface area (Å²) in [5, 5.41) is 11.2. The average molecular weight is 372 g/mol. The molecule has 1 unspecified atom stereocenters. The van der Waals surface area contributed by atoms with Gasteiger partial charge >= 0.3 is 0 Å². The summed E-state index contributed by atoms with van der Waals surface area (Å²) < 4.78 is 18.4. The van der Waals surface area contributed by atoms with Crippen molar-refractivity contribution in [2.75, 3.05) is 12.9 Å². The fourth-order valence-corrected chi connectivity index (χ4v) is 4.68. The lowest BCUT2D eigenvalue weighted by Crippen LogP contribution is -2.44. The van der Waals surface area contributed by atoms with Crippen molar-refractivity contribution in [3.8, 4) is 0 Å². The Balaban J connectivity index is 2.88. The van der Waals surface area contributed by atoms with E-state index in [1.165, 1.54) is 23.8 Å². The van der Waals surface area contributed by atoms with Crippen molar-refractivity contribution in [2.45, 2.75) is 55.6 Å². The lowest BCUT2D eigenvalue weighted by molar-refractivity contribution is 0.00244. The Hall–Kier alpha value is 0.207. The standard InChI is InChI=1S/C13H26ClNO3S2Si/c1-12(2,3)21(6,7)18-9-13(4,16)11-15-8-10(19-11)20(5,14)17/h8,16,20H,9H2,1-7H3. The molecule has 124 valence electrons. The second-order valence-electron chi connectivity index (χ2n) is 7.15. The van der Waals surface area contributed by atoms with Gasteiger partial charge in [0.25, 0.3) is 0 Å². The van der Waals surface area contributed by atoms with Crippen LogP contribution >= 0.6 is 22.0 Å². The fourth-order valence-electron chi connectivity index (χ4n) is 1.30. The van der Waals surface area contributed by atoms with Crippen molar-refractivity contribution in [3.05, 3.63) is 11.2 Å². The highest BCUT2D eigenvalue weighted by molar-refractivity contribution is 8.24. The lowest BCUT2D eigenvalue weighted by Gasteiger charge is -2.38. The van der Waals surface area contributed by atoms with Gasteiger partial charge in [-0.2, -0.15) is 0 Å². The molecular weight excluding hydrogens is 346 g/mol. The molecule has 4 nitrogen and oxygen atoms in total. The minimum Gasteiger partial charge on any atom is -0.413 e. The van der Waals surface area contributed by atoms with E-state index in [0.29, 0.717) is 9.22 Å². The highest BCUT2D eigenvalue weighted by atomic mass is 35.7. The van der Waals surface area contributed by atoms with Gasteiger partial charge in [0.05, 0.1) is 17.0 Å². The predicted octanol–water partition coefficient (Wildman–Crippen LogP) is 3.53. The van der Waals surface area contributed by atoms with Crippen LogP contribution in [-0.2, 0) is 19.2 Å². The number of aromatic nitrogens is 1. The Morgan fingerprint density at radius 1 is 1.43 bits per heavy atom. The maximum atomic E-state index is 11.8. The molecule has 0 fully saturated rings. The van der Waals surface area contributed by atoms with Crippen molar-refractivity contribution < 1.29 is 13.7 Å². The molecule has 1 N–H and O–H groups in total. The van der Waals surface area contributed by atoms with E-state index in [4.69, 9.17) is 15.1 Å². The summed E-state index contributed by atoms with van der Waals surface area (Å²) in [5.74, 6) is 0. The van der Waals surface area contributed by atoms with Gasteiger partial charge < -0.3 is 9.53 Å². The first kappa shape index (κ1) is 19.3. The number of halogens is 1. The number of thiol groups is 1. The van der Waals surface area contributed by atoms with Crippen LogP contribution in [0.25, 0.3) is 0 Å². The highest BCUT2D eigenvalue weighted by Crippen LogP contribution is 2.38. The molecule has 0 amide bonds. The van der Waals surface area contributed by atoms with Gasteiger partial charge in [0.15, 0.2) is 8.32 Å². The third-order valence-electron chi connectivity index (χ3n) is 3.87. The first-order valence-electron chi connectivity index (χ1n) is 6.77. The minimum atomic E-state index is -2.86. The second-order valence-corrected chi connectivity index (χ2v) is 17.3. The second kappa shape index (κ2) is 6.01. The molecule has 1 atom stereocenters. The van der Waals surface area contributed by atoms with Crippen LogP contribution in [0.4, 0.5) is 0 Å². The predicted molar refractivity (Wildman–Crippen MR) is 94.4 cm³/mol. The molecule has 0 aliphatic rings. The van der Waals surface area contributed by atoms with Crippen molar-refractivity contribution in [2.24, 2.45) is 0 Å². The number of thiazole rings is 1. The molecule has 0 aliphatic heterocycles. The molecule has 0 spiro atoms. The largest absolute Gasteiger partial charge is 0.413 e. The molecule has 0 bridgehead atoms. The van der Waals surface area contributed by atoms with E-state index in [0.717, 1.165) is 0 Å². The zero-order valence-electron chi connectivity index (χ0n) is 13.7. The van der Waals surface area contributed by atoms with Gasteiger partial charge in [-0.15, -0.1) is 11.3 Å². The first-order valence-corrected chi connectivity index (χ1v) is 13.6. The van der Waals surface area contributed by atoms with Crippen LogP contribution in [-0.4, -0.2) is 35.5 Å². The van der Waals surface area contributed by atoms with Gasteiger partial charge in [0, 0.05) is 6.26 Å². The number of hydrogen-bond donors (Lipinski definition) is 2. The Labute approximate surface area is 138 Å². The van der Waals surface area contributed by atoms with Crippen LogP contribution in [0.2, 0.25) is 18.1 Å². The maximum Gasteiger partial charge on any atom is 0.192 e. The molecular formula is C13H26ClNO3S2Si. The highest BCUT2D eigenvalue weighted by Gasteiger charge is 2.40. The Bertz CT molecular complexity index is 546. The van der Waals surface area contributed by atoms with E-state index >= 15 is 0 Å². The van der Waals surface area contributed by atoms with E-state index in [1.54, 1.807) is 6.92 Å². The van der Waals surface area contributed by atoms with Gasteiger partial charge in [-0.05, 0) is 44.9 Å². The van der Waals surface area contributed by atoms with Crippen molar-refractivity contribution in [1.29, 1.82) is 0 Å². The molecule has 8 heteroatoms. The molecule has 0 aromatic carbocycles. The molecule has 0 saturated heterocycles. The van der Waals surface area contributed by atoms with E-state index in [-0.39, 0.29) is 11.6 Å². The Kier molecular flexibility index (Phi) is 5.51. The molecule has 0 aliphatic carbocycles. The molecule has 0 saturated carbocycles. The van der Waals surface area contributed by atoms with Crippen molar-refractivity contribution >= 4 is 39.5 Å². The molecule has 1 rings (SSSR count). The zero-order valence-corrected chi connectivity index (χ0v) is 17.2. The quantitative estimate of drug-likeness (QED) is 0.472. The summed E-state index contributed by atoms with van der Waals surface area (Å²) in [6, 6.07) is 0. The smallest absolute Gasteiger partial charge is 0.192 e. The summed E-state index contributed by atoms with van der Waals surface area (Å²) in [7, 11) is 1.05. The molecule has 1 aromatic rings. The van der Waals surface area contributed by atoms with E-state index in [1.807, 2.05) is 0 Å². The van der Waals surface area contributed by atoms with Gasteiger partial charge in [-0.3, -0.25) is 4.21 Å². The van der Waals surface area contributed by atoms with Crippen LogP contribution in [0.1, 0.15) is 32.7 Å². The van der Waals surface area contributed by atoms with Crippen LogP contribution in [0.5, 0.6) is 0 Å². The van der Waals surface area contributed by atoms with Gasteiger partial charge in [-0.1, -0.05) is 20.8 Å². The zero-order chi connectivity index (χ0) is 16.7. The minimum absolute atomic E-state index is 0.0758. The van der Waals surface area contributed by atoms with Gasteiger partial charge in [0.2, 0.25) is 0 Å². The van der Waals surface area contributed by atoms with Crippen molar-refractivity contribution in [1.82, 2.24) is 4.98 Å². The van der Waals surface area contributed by atoms with Gasteiger partial charge in [0.1, 0.15) is 10.6 Å².